The molecule has 2 rings (SSSR count). The van der Waals surface area contributed by atoms with Crippen molar-refractivity contribution >= 4 is 5.91 Å². The van der Waals surface area contributed by atoms with Crippen LogP contribution in [0.5, 0.6) is 0 Å². The Balaban J connectivity index is 1.91. The van der Waals surface area contributed by atoms with Crippen LogP contribution in [0, 0.1) is 5.92 Å². The quantitative estimate of drug-likeness (QED) is 0.803. The van der Waals surface area contributed by atoms with Gasteiger partial charge in [0.15, 0.2) is 0 Å². The van der Waals surface area contributed by atoms with E-state index in [1.54, 1.807) is 6.26 Å². The van der Waals surface area contributed by atoms with E-state index in [1.807, 2.05) is 24.0 Å². The highest BCUT2D eigenvalue weighted by atomic mass is 16.3. The van der Waals surface area contributed by atoms with Crippen molar-refractivity contribution in [1.82, 2.24) is 4.90 Å². The molecule has 2 heterocycles. The highest BCUT2D eigenvalue weighted by Crippen LogP contribution is 2.28. The summed E-state index contributed by atoms with van der Waals surface area (Å²) in [5.41, 5.74) is 0. The summed E-state index contributed by atoms with van der Waals surface area (Å²) in [5.74, 6) is 1.88. The molecule has 1 aromatic heterocycles. The van der Waals surface area contributed by atoms with Crippen LogP contribution in [0.2, 0.25) is 0 Å². The van der Waals surface area contributed by atoms with Gasteiger partial charge < -0.3 is 9.32 Å². The number of amides is 1. The molecule has 0 aliphatic carbocycles. The highest BCUT2D eigenvalue weighted by molar-refractivity contribution is 5.78. The monoisotopic (exact) mass is 235 g/mol. The molecular formula is C14H21NO2. The zero-order chi connectivity index (χ0) is 12.3. The standard InChI is InChI=1S/C14H21NO2/c1-3-5-11(2)14(16)15-8-7-12(10-15)13-6-4-9-17-13/h4,6,9,11-12H,3,5,7-8,10H2,1-2H3/t11-,12-/m1/s1. The molecule has 2 atom stereocenters. The average molecular weight is 235 g/mol. The Kier molecular flexibility index (Phi) is 3.87. The molecule has 94 valence electrons. The summed E-state index contributed by atoms with van der Waals surface area (Å²) in [5, 5.41) is 0. The lowest BCUT2D eigenvalue weighted by Gasteiger charge is -2.20. The van der Waals surface area contributed by atoms with Gasteiger partial charge in [-0.05, 0) is 25.0 Å². The van der Waals surface area contributed by atoms with Gasteiger partial charge in [-0.3, -0.25) is 4.79 Å². The first-order valence-electron chi connectivity index (χ1n) is 6.54. The third-order valence-electron chi connectivity index (χ3n) is 3.59. The Bertz CT molecular complexity index is 358. The summed E-state index contributed by atoms with van der Waals surface area (Å²) in [6, 6.07) is 3.92. The average Bonchev–Trinajstić information content (AvgIpc) is 2.98. The van der Waals surface area contributed by atoms with Gasteiger partial charge in [0.25, 0.3) is 0 Å². The summed E-state index contributed by atoms with van der Waals surface area (Å²) in [6.07, 6.45) is 4.79. The van der Waals surface area contributed by atoms with Gasteiger partial charge in [0.2, 0.25) is 5.91 Å². The predicted molar refractivity (Wildman–Crippen MR) is 66.7 cm³/mol. The molecule has 17 heavy (non-hydrogen) atoms. The van der Waals surface area contributed by atoms with Gasteiger partial charge in [-0.15, -0.1) is 0 Å². The minimum atomic E-state index is 0.162. The maximum absolute atomic E-state index is 12.1. The van der Waals surface area contributed by atoms with Crippen LogP contribution in [-0.4, -0.2) is 23.9 Å². The number of nitrogens with zero attached hydrogens (tertiary/aromatic N) is 1. The second-order valence-electron chi connectivity index (χ2n) is 4.97. The summed E-state index contributed by atoms with van der Waals surface area (Å²) in [6.45, 7) is 5.85. The van der Waals surface area contributed by atoms with E-state index in [4.69, 9.17) is 4.42 Å². The zero-order valence-electron chi connectivity index (χ0n) is 10.7. The summed E-state index contributed by atoms with van der Waals surface area (Å²) < 4.78 is 5.42. The van der Waals surface area contributed by atoms with E-state index in [-0.39, 0.29) is 5.92 Å². The van der Waals surface area contributed by atoms with Crippen molar-refractivity contribution in [2.75, 3.05) is 13.1 Å². The van der Waals surface area contributed by atoms with Gasteiger partial charge in [0, 0.05) is 24.9 Å². The maximum atomic E-state index is 12.1. The normalized spacial score (nSPS) is 21.8. The molecule has 3 nitrogen and oxygen atoms in total. The van der Waals surface area contributed by atoms with Gasteiger partial charge in [0.1, 0.15) is 5.76 Å². The minimum absolute atomic E-state index is 0.162. The van der Waals surface area contributed by atoms with Crippen LogP contribution in [-0.2, 0) is 4.79 Å². The van der Waals surface area contributed by atoms with Crippen LogP contribution in [0.4, 0.5) is 0 Å². The van der Waals surface area contributed by atoms with Crippen LogP contribution in [0.1, 0.15) is 44.8 Å². The highest BCUT2D eigenvalue weighted by Gasteiger charge is 2.30. The molecule has 1 fully saturated rings. The van der Waals surface area contributed by atoms with E-state index in [0.29, 0.717) is 11.8 Å². The van der Waals surface area contributed by atoms with E-state index in [2.05, 4.69) is 6.92 Å². The first-order chi connectivity index (χ1) is 8.22. The first kappa shape index (κ1) is 12.2. The van der Waals surface area contributed by atoms with Gasteiger partial charge in [-0.2, -0.15) is 0 Å². The molecule has 1 saturated heterocycles. The third-order valence-corrected chi connectivity index (χ3v) is 3.59. The van der Waals surface area contributed by atoms with Crippen LogP contribution < -0.4 is 0 Å². The summed E-state index contributed by atoms with van der Waals surface area (Å²) in [4.78, 5) is 14.1. The molecule has 1 amide bonds. The molecule has 3 heteroatoms. The van der Waals surface area contributed by atoms with Crippen LogP contribution in [0.15, 0.2) is 22.8 Å². The number of carbonyl (C=O) groups excluding carboxylic acids is 1. The molecule has 0 spiro atoms. The Hall–Kier alpha value is -1.25. The third kappa shape index (κ3) is 2.71. The Labute approximate surface area is 103 Å². The largest absolute Gasteiger partial charge is 0.469 e. The molecule has 0 unspecified atom stereocenters. The van der Waals surface area contributed by atoms with Crippen molar-refractivity contribution in [1.29, 1.82) is 0 Å². The number of rotatable bonds is 4. The van der Waals surface area contributed by atoms with E-state index in [0.717, 1.165) is 38.1 Å². The number of carbonyl (C=O) groups is 1. The maximum Gasteiger partial charge on any atom is 0.225 e. The van der Waals surface area contributed by atoms with E-state index < -0.39 is 0 Å². The van der Waals surface area contributed by atoms with Gasteiger partial charge in [0.05, 0.1) is 6.26 Å². The lowest BCUT2D eigenvalue weighted by molar-refractivity contribution is -0.134. The van der Waals surface area contributed by atoms with Crippen molar-refractivity contribution in [3.63, 3.8) is 0 Å². The van der Waals surface area contributed by atoms with Crippen LogP contribution in [0.3, 0.4) is 0 Å². The second kappa shape index (κ2) is 5.39. The molecule has 0 saturated carbocycles. The molecule has 0 radical (unpaired) electrons. The van der Waals surface area contributed by atoms with Crippen molar-refractivity contribution in [3.8, 4) is 0 Å². The molecular weight excluding hydrogens is 214 g/mol. The molecule has 1 aromatic rings. The van der Waals surface area contributed by atoms with Crippen LogP contribution in [0.25, 0.3) is 0 Å². The van der Waals surface area contributed by atoms with Crippen molar-refractivity contribution in [2.24, 2.45) is 5.92 Å². The fourth-order valence-corrected chi connectivity index (χ4v) is 2.58. The fourth-order valence-electron chi connectivity index (χ4n) is 2.58. The van der Waals surface area contributed by atoms with Gasteiger partial charge in [-0.1, -0.05) is 20.3 Å². The van der Waals surface area contributed by atoms with Crippen LogP contribution >= 0.6 is 0 Å². The summed E-state index contributed by atoms with van der Waals surface area (Å²) >= 11 is 0. The molecule has 0 bridgehead atoms. The van der Waals surface area contributed by atoms with E-state index >= 15 is 0 Å². The van der Waals surface area contributed by atoms with Crippen molar-refractivity contribution in [3.05, 3.63) is 24.2 Å². The lowest BCUT2D eigenvalue weighted by atomic mass is 10.0. The summed E-state index contributed by atoms with van der Waals surface area (Å²) in [7, 11) is 0. The van der Waals surface area contributed by atoms with Crippen molar-refractivity contribution in [2.45, 2.75) is 39.0 Å². The fraction of sp³-hybridized carbons (Fsp3) is 0.643. The minimum Gasteiger partial charge on any atom is -0.469 e. The zero-order valence-corrected chi connectivity index (χ0v) is 10.7. The van der Waals surface area contributed by atoms with Gasteiger partial charge in [-0.25, -0.2) is 0 Å². The van der Waals surface area contributed by atoms with E-state index in [9.17, 15) is 4.79 Å². The number of hydrogen-bond donors (Lipinski definition) is 0. The van der Waals surface area contributed by atoms with E-state index in [1.165, 1.54) is 0 Å². The lowest BCUT2D eigenvalue weighted by Crippen LogP contribution is -2.33. The van der Waals surface area contributed by atoms with Crippen molar-refractivity contribution < 1.29 is 9.21 Å². The predicted octanol–water partition coefficient (Wildman–Crippen LogP) is 3.03. The number of hydrogen-bond acceptors (Lipinski definition) is 2. The Morgan fingerprint density at radius 2 is 2.47 bits per heavy atom. The molecule has 0 N–H and O–H groups in total. The topological polar surface area (TPSA) is 33.5 Å². The molecule has 1 aliphatic heterocycles. The SMILES string of the molecule is CCC[C@@H](C)C(=O)N1CC[C@@H](c2ccco2)C1. The molecule has 1 aliphatic rings. The molecule has 0 aromatic carbocycles. The number of furan rings is 1. The first-order valence-corrected chi connectivity index (χ1v) is 6.54. The smallest absolute Gasteiger partial charge is 0.225 e. The number of likely N-dealkylation sites (tertiary alicyclic amines) is 1. The Morgan fingerprint density at radius 3 is 3.12 bits per heavy atom. The Morgan fingerprint density at radius 1 is 1.65 bits per heavy atom. The second-order valence-corrected chi connectivity index (χ2v) is 4.97. The van der Waals surface area contributed by atoms with Gasteiger partial charge >= 0.3 is 0 Å².